The van der Waals surface area contributed by atoms with Crippen molar-refractivity contribution in [3.05, 3.63) is 54.0 Å². The van der Waals surface area contributed by atoms with Crippen molar-refractivity contribution in [2.45, 2.75) is 0 Å². The quantitative estimate of drug-likeness (QED) is 0.824. The zero-order valence-electron chi connectivity index (χ0n) is 9.80. The number of rotatable bonds is 2. The highest BCUT2D eigenvalue weighted by Crippen LogP contribution is 2.16. The minimum absolute atomic E-state index is 0.0302. The van der Waals surface area contributed by atoms with Gasteiger partial charge in [0.1, 0.15) is 11.6 Å². The molecule has 0 aliphatic rings. The molecule has 18 heavy (non-hydrogen) atoms. The number of anilines is 2. The van der Waals surface area contributed by atoms with E-state index in [4.69, 9.17) is 5.73 Å². The molecule has 0 saturated heterocycles. The van der Waals surface area contributed by atoms with Crippen LogP contribution >= 0.6 is 0 Å². The third kappa shape index (κ3) is 2.29. The van der Waals surface area contributed by atoms with Crippen molar-refractivity contribution >= 4 is 17.4 Å². The van der Waals surface area contributed by atoms with Crippen LogP contribution in [0.1, 0.15) is 10.4 Å². The summed E-state index contributed by atoms with van der Waals surface area (Å²) in [4.78, 5) is 17.4. The number of benzene rings is 1. The number of halogens is 1. The Labute approximate surface area is 104 Å². The Bertz CT molecular complexity index is 572. The molecule has 0 atom stereocenters. The molecule has 0 bridgehead atoms. The molecule has 2 N–H and O–H groups in total. The Morgan fingerprint density at radius 2 is 2.11 bits per heavy atom. The fraction of sp³-hybridized carbons (Fsp3) is 0.0769. The lowest BCUT2D eigenvalue weighted by Crippen LogP contribution is -2.27. The van der Waals surface area contributed by atoms with Crippen molar-refractivity contribution in [3.8, 4) is 0 Å². The van der Waals surface area contributed by atoms with Crippen LogP contribution in [0.15, 0.2) is 42.6 Å². The summed E-state index contributed by atoms with van der Waals surface area (Å²) in [5, 5.41) is 0. The summed E-state index contributed by atoms with van der Waals surface area (Å²) in [5.74, 6) is -0.646. The molecule has 5 heteroatoms. The number of nitrogen functional groups attached to an aromatic ring is 1. The molecule has 0 fully saturated rings. The average molecular weight is 245 g/mol. The summed E-state index contributed by atoms with van der Waals surface area (Å²) < 4.78 is 13.6. The first-order valence-electron chi connectivity index (χ1n) is 5.33. The molecule has 4 nitrogen and oxygen atoms in total. The van der Waals surface area contributed by atoms with Gasteiger partial charge in [-0.25, -0.2) is 9.37 Å². The molecule has 1 aromatic heterocycles. The fourth-order valence-electron chi connectivity index (χ4n) is 1.54. The van der Waals surface area contributed by atoms with E-state index in [9.17, 15) is 9.18 Å². The summed E-state index contributed by atoms with van der Waals surface area (Å²) in [5.41, 5.74) is 5.69. The molecule has 2 aromatic rings. The second-order valence-electron chi connectivity index (χ2n) is 3.79. The monoisotopic (exact) mass is 245 g/mol. The van der Waals surface area contributed by atoms with Crippen molar-refractivity contribution in [3.63, 3.8) is 0 Å². The second-order valence-corrected chi connectivity index (χ2v) is 3.79. The highest BCUT2D eigenvalue weighted by Gasteiger charge is 2.17. The molecule has 1 aromatic carbocycles. The van der Waals surface area contributed by atoms with E-state index in [0.29, 0.717) is 5.82 Å². The predicted octanol–water partition coefficient (Wildman–Crippen LogP) is 2.08. The van der Waals surface area contributed by atoms with Crippen LogP contribution < -0.4 is 10.6 Å². The lowest BCUT2D eigenvalue weighted by Gasteiger charge is -2.16. The molecule has 0 unspecified atom stereocenters. The van der Waals surface area contributed by atoms with Gasteiger partial charge in [-0.05, 0) is 30.3 Å². The number of hydrogen-bond acceptors (Lipinski definition) is 3. The standard InChI is InChI=1S/C13H12FN3O/c1-17(12-4-2-3-7-16-12)13(18)10-6-5-9(15)8-11(10)14/h2-8H,15H2,1H3. The number of aromatic nitrogens is 1. The smallest absolute Gasteiger partial charge is 0.262 e. The predicted molar refractivity (Wildman–Crippen MR) is 67.8 cm³/mol. The van der Waals surface area contributed by atoms with Gasteiger partial charge in [-0.2, -0.15) is 0 Å². The summed E-state index contributed by atoms with van der Waals surface area (Å²) in [6, 6.07) is 9.15. The minimum Gasteiger partial charge on any atom is -0.399 e. The van der Waals surface area contributed by atoms with Gasteiger partial charge in [0.25, 0.3) is 5.91 Å². The number of carbonyl (C=O) groups is 1. The summed E-state index contributed by atoms with van der Waals surface area (Å²) in [6.07, 6.45) is 1.57. The molecule has 0 aliphatic heterocycles. The van der Waals surface area contributed by atoms with Crippen molar-refractivity contribution in [2.75, 3.05) is 17.7 Å². The summed E-state index contributed by atoms with van der Waals surface area (Å²) >= 11 is 0. The van der Waals surface area contributed by atoms with Crippen LogP contribution in [0, 0.1) is 5.82 Å². The highest BCUT2D eigenvalue weighted by molar-refractivity contribution is 6.05. The van der Waals surface area contributed by atoms with E-state index in [-0.39, 0.29) is 11.3 Å². The molecule has 0 radical (unpaired) electrons. The highest BCUT2D eigenvalue weighted by atomic mass is 19.1. The SMILES string of the molecule is CN(C(=O)c1ccc(N)cc1F)c1ccccn1. The second kappa shape index (κ2) is 4.83. The largest absolute Gasteiger partial charge is 0.399 e. The number of amides is 1. The third-order valence-corrected chi connectivity index (χ3v) is 2.52. The Balaban J connectivity index is 2.32. The van der Waals surface area contributed by atoms with Gasteiger partial charge in [0, 0.05) is 18.9 Å². The third-order valence-electron chi connectivity index (χ3n) is 2.52. The van der Waals surface area contributed by atoms with E-state index >= 15 is 0 Å². The Kier molecular flexibility index (Phi) is 3.23. The average Bonchev–Trinajstić information content (AvgIpc) is 2.38. The summed E-state index contributed by atoms with van der Waals surface area (Å²) in [7, 11) is 1.54. The molecule has 1 amide bonds. The lowest BCUT2D eigenvalue weighted by molar-refractivity contribution is 0.0988. The van der Waals surface area contributed by atoms with E-state index in [2.05, 4.69) is 4.98 Å². The number of nitrogens with zero attached hydrogens (tertiary/aromatic N) is 2. The Hall–Kier alpha value is -2.43. The molecule has 0 aliphatic carbocycles. The number of hydrogen-bond donors (Lipinski definition) is 1. The zero-order chi connectivity index (χ0) is 13.1. The first-order valence-corrected chi connectivity index (χ1v) is 5.33. The van der Waals surface area contributed by atoms with Gasteiger partial charge in [0.2, 0.25) is 0 Å². The van der Waals surface area contributed by atoms with E-state index in [1.54, 1.807) is 31.4 Å². The van der Waals surface area contributed by atoms with Crippen LogP contribution in [0.25, 0.3) is 0 Å². The molecule has 92 valence electrons. The van der Waals surface area contributed by atoms with E-state index < -0.39 is 11.7 Å². The maximum Gasteiger partial charge on any atom is 0.262 e. The van der Waals surface area contributed by atoms with Crippen LogP contribution in [0.3, 0.4) is 0 Å². The first kappa shape index (κ1) is 12.0. The Morgan fingerprint density at radius 3 is 2.72 bits per heavy atom. The maximum atomic E-state index is 13.6. The fourth-order valence-corrected chi connectivity index (χ4v) is 1.54. The molecule has 2 rings (SSSR count). The maximum absolute atomic E-state index is 13.6. The van der Waals surface area contributed by atoms with Gasteiger partial charge in [-0.15, -0.1) is 0 Å². The van der Waals surface area contributed by atoms with Crippen LogP contribution in [-0.4, -0.2) is 17.9 Å². The Morgan fingerprint density at radius 1 is 1.33 bits per heavy atom. The number of pyridine rings is 1. The van der Waals surface area contributed by atoms with Gasteiger partial charge < -0.3 is 5.73 Å². The molecule has 0 saturated carbocycles. The normalized spacial score (nSPS) is 10.1. The summed E-state index contributed by atoms with van der Waals surface area (Å²) in [6.45, 7) is 0. The van der Waals surface area contributed by atoms with Crippen molar-refractivity contribution in [1.82, 2.24) is 4.98 Å². The lowest BCUT2D eigenvalue weighted by atomic mass is 10.1. The van der Waals surface area contributed by atoms with Crippen LogP contribution in [0.2, 0.25) is 0 Å². The first-order chi connectivity index (χ1) is 8.59. The van der Waals surface area contributed by atoms with Gasteiger partial charge in [0.05, 0.1) is 5.56 Å². The van der Waals surface area contributed by atoms with E-state index in [1.165, 1.54) is 17.0 Å². The molecule has 0 spiro atoms. The van der Waals surface area contributed by atoms with Gasteiger partial charge in [0.15, 0.2) is 0 Å². The van der Waals surface area contributed by atoms with Crippen LogP contribution in [-0.2, 0) is 0 Å². The zero-order valence-corrected chi connectivity index (χ0v) is 9.80. The van der Waals surface area contributed by atoms with Crippen molar-refractivity contribution in [2.24, 2.45) is 0 Å². The molecular weight excluding hydrogens is 233 g/mol. The topological polar surface area (TPSA) is 59.2 Å². The van der Waals surface area contributed by atoms with Gasteiger partial charge in [-0.1, -0.05) is 6.07 Å². The van der Waals surface area contributed by atoms with Crippen molar-refractivity contribution < 1.29 is 9.18 Å². The number of nitrogens with two attached hydrogens (primary N) is 1. The van der Waals surface area contributed by atoms with Gasteiger partial charge in [-0.3, -0.25) is 9.69 Å². The minimum atomic E-state index is -0.636. The van der Waals surface area contributed by atoms with Gasteiger partial charge >= 0.3 is 0 Å². The van der Waals surface area contributed by atoms with Crippen LogP contribution in [0.4, 0.5) is 15.9 Å². The molecular formula is C13H12FN3O. The van der Waals surface area contributed by atoms with E-state index in [0.717, 1.165) is 6.07 Å². The number of carbonyl (C=O) groups excluding carboxylic acids is 1. The van der Waals surface area contributed by atoms with E-state index in [1.807, 2.05) is 0 Å². The molecule has 1 heterocycles. The van der Waals surface area contributed by atoms with Crippen LogP contribution in [0.5, 0.6) is 0 Å². The van der Waals surface area contributed by atoms with Crippen molar-refractivity contribution in [1.29, 1.82) is 0 Å².